The molecule has 0 radical (unpaired) electrons. The number of amides is 1. The van der Waals surface area contributed by atoms with Crippen molar-refractivity contribution in [3.05, 3.63) is 88.6 Å². The molecule has 0 aliphatic rings. The van der Waals surface area contributed by atoms with Crippen LogP contribution in [0.2, 0.25) is 0 Å². The minimum Gasteiger partial charge on any atom is -0.473 e. The second kappa shape index (κ2) is 8.52. The van der Waals surface area contributed by atoms with Crippen molar-refractivity contribution in [2.75, 3.05) is 5.32 Å². The van der Waals surface area contributed by atoms with Gasteiger partial charge in [-0.15, -0.1) is 0 Å². The summed E-state index contributed by atoms with van der Waals surface area (Å²) in [6.45, 7) is 3.57. The minimum atomic E-state index is -0.953. The molecule has 0 aliphatic heterocycles. The fourth-order valence-corrected chi connectivity index (χ4v) is 4.36. The van der Waals surface area contributed by atoms with Gasteiger partial charge in [0.2, 0.25) is 11.2 Å². The van der Waals surface area contributed by atoms with Gasteiger partial charge in [0.05, 0.1) is 15.6 Å². The minimum absolute atomic E-state index is 0.00417. The van der Waals surface area contributed by atoms with Crippen LogP contribution in [0.1, 0.15) is 12.5 Å². The molecular weight excluding hydrogens is 436 g/mol. The lowest BCUT2D eigenvalue weighted by molar-refractivity contribution is -0.122. The summed E-state index contributed by atoms with van der Waals surface area (Å²) in [5, 5.41) is 3.65. The van der Waals surface area contributed by atoms with Crippen LogP contribution < -0.4 is 15.5 Å². The van der Waals surface area contributed by atoms with Crippen molar-refractivity contribution in [1.82, 2.24) is 4.98 Å². The number of fused-ring (bicyclic) bond motifs is 2. The third kappa shape index (κ3) is 4.10. The van der Waals surface area contributed by atoms with Gasteiger partial charge in [-0.2, -0.15) is 0 Å². The quantitative estimate of drug-likeness (QED) is 0.362. The molecule has 33 heavy (non-hydrogen) atoms. The summed E-state index contributed by atoms with van der Waals surface area (Å²) in [4.78, 5) is 30.6. The fraction of sp³-hybridized carbons (Fsp3) is 0.115. The summed E-state index contributed by atoms with van der Waals surface area (Å²) in [5.41, 5.74) is 2.71. The Morgan fingerprint density at radius 3 is 2.55 bits per heavy atom. The molecule has 0 bridgehead atoms. The van der Waals surface area contributed by atoms with Crippen LogP contribution >= 0.6 is 11.3 Å². The number of thiazole rings is 1. The molecule has 2 aromatic heterocycles. The van der Waals surface area contributed by atoms with Crippen molar-refractivity contribution in [1.29, 1.82) is 0 Å². The van der Waals surface area contributed by atoms with Gasteiger partial charge in [0.1, 0.15) is 5.58 Å². The van der Waals surface area contributed by atoms with Crippen LogP contribution in [0.3, 0.4) is 0 Å². The summed E-state index contributed by atoms with van der Waals surface area (Å²) < 4.78 is 13.0. The number of hydrogen-bond donors (Lipinski definition) is 1. The highest BCUT2D eigenvalue weighted by Crippen LogP contribution is 2.32. The van der Waals surface area contributed by atoms with Gasteiger partial charge in [-0.05, 0) is 38.1 Å². The van der Waals surface area contributed by atoms with Gasteiger partial charge in [0, 0.05) is 5.56 Å². The number of nitrogens with zero attached hydrogens (tertiary/aromatic N) is 1. The molecule has 0 fully saturated rings. The number of ether oxygens (including phenoxy) is 1. The Hall–Kier alpha value is -3.97. The van der Waals surface area contributed by atoms with Crippen molar-refractivity contribution in [3.63, 3.8) is 0 Å². The first-order valence-corrected chi connectivity index (χ1v) is 11.3. The second-order valence-electron chi connectivity index (χ2n) is 7.69. The van der Waals surface area contributed by atoms with Crippen LogP contribution in [-0.2, 0) is 4.79 Å². The van der Waals surface area contributed by atoms with E-state index in [1.165, 1.54) is 11.3 Å². The molecule has 0 spiro atoms. The van der Waals surface area contributed by atoms with Crippen LogP contribution in [0.25, 0.3) is 32.5 Å². The Kier molecular flexibility index (Phi) is 5.40. The number of carbonyl (C=O) groups excluding carboxylic acids is 1. The van der Waals surface area contributed by atoms with Crippen molar-refractivity contribution < 1.29 is 13.9 Å². The molecule has 164 valence electrons. The highest BCUT2D eigenvalue weighted by Gasteiger charge is 2.23. The van der Waals surface area contributed by atoms with Gasteiger partial charge in [0.15, 0.2) is 17.0 Å². The molecule has 1 amide bonds. The van der Waals surface area contributed by atoms with E-state index in [0.29, 0.717) is 27.4 Å². The number of benzene rings is 3. The predicted octanol–water partition coefficient (Wildman–Crippen LogP) is 5.78. The Morgan fingerprint density at radius 2 is 1.76 bits per heavy atom. The van der Waals surface area contributed by atoms with Crippen LogP contribution in [-0.4, -0.2) is 17.0 Å². The van der Waals surface area contributed by atoms with E-state index < -0.39 is 12.0 Å². The smallest absolute Gasteiger partial charge is 0.266 e. The average Bonchev–Trinajstić information content (AvgIpc) is 3.23. The Bertz CT molecular complexity index is 1500. The Balaban J connectivity index is 1.49. The topological polar surface area (TPSA) is 81.4 Å². The highest BCUT2D eigenvalue weighted by molar-refractivity contribution is 7.22. The maximum absolute atomic E-state index is 13.3. The third-order valence-corrected chi connectivity index (χ3v) is 6.21. The lowest BCUT2D eigenvalue weighted by Crippen LogP contribution is -2.31. The van der Waals surface area contributed by atoms with Crippen molar-refractivity contribution >= 4 is 43.6 Å². The van der Waals surface area contributed by atoms with E-state index in [9.17, 15) is 9.59 Å². The monoisotopic (exact) mass is 456 g/mol. The molecule has 1 unspecified atom stereocenters. The van der Waals surface area contributed by atoms with Crippen molar-refractivity contribution in [2.24, 2.45) is 0 Å². The number of hydrogen-bond acceptors (Lipinski definition) is 6. The molecule has 0 saturated heterocycles. The normalized spacial score (nSPS) is 12.1. The summed E-state index contributed by atoms with van der Waals surface area (Å²) in [7, 11) is 0. The van der Waals surface area contributed by atoms with Crippen LogP contribution in [0.15, 0.2) is 82.0 Å². The predicted molar refractivity (Wildman–Crippen MR) is 131 cm³/mol. The van der Waals surface area contributed by atoms with E-state index >= 15 is 0 Å². The summed E-state index contributed by atoms with van der Waals surface area (Å²) in [6, 6.07) is 22.2. The maximum Gasteiger partial charge on any atom is 0.266 e. The number of aromatic nitrogens is 1. The lowest BCUT2D eigenvalue weighted by atomic mass is 10.1. The number of anilines is 1. The van der Waals surface area contributed by atoms with E-state index in [4.69, 9.17) is 9.15 Å². The zero-order valence-electron chi connectivity index (χ0n) is 18.0. The Labute approximate surface area is 193 Å². The molecule has 0 aliphatic carbocycles. The highest BCUT2D eigenvalue weighted by atomic mass is 32.1. The summed E-state index contributed by atoms with van der Waals surface area (Å²) in [6.07, 6.45) is -0.953. The van der Waals surface area contributed by atoms with E-state index in [-0.39, 0.29) is 11.2 Å². The zero-order chi connectivity index (χ0) is 22.9. The van der Waals surface area contributed by atoms with Gasteiger partial charge in [-0.1, -0.05) is 65.4 Å². The number of nitrogens with one attached hydrogen (secondary N) is 1. The molecule has 3 aromatic carbocycles. The molecular formula is C26H20N2O4S. The molecule has 5 aromatic rings. The summed E-state index contributed by atoms with van der Waals surface area (Å²) >= 11 is 1.38. The fourth-order valence-electron chi connectivity index (χ4n) is 3.49. The number of rotatable bonds is 5. The standard InChI is InChI=1S/C26H20N2O4S/c1-15-11-13-17(14-12-15)23-24(22(29)18-7-3-5-9-20(18)32-23)31-16(2)25(30)28-26-27-19-8-4-6-10-21(19)33-26/h3-14,16H,1-2H3,(H,27,28,30). The van der Waals surface area contributed by atoms with Crippen molar-refractivity contribution in [2.45, 2.75) is 20.0 Å². The zero-order valence-corrected chi connectivity index (χ0v) is 18.8. The molecule has 6 nitrogen and oxygen atoms in total. The third-order valence-electron chi connectivity index (χ3n) is 5.26. The van der Waals surface area contributed by atoms with E-state index in [2.05, 4.69) is 10.3 Å². The lowest BCUT2D eigenvalue weighted by Gasteiger charge is -2.16. The molecule has 0 saturated carbocycles. The summed E-state index contributed by atoms with van der Waals surface area (Å²) in [5.74, 6) is -0.112. The number of para-hydroxylation sites is 2. The molecule has 1 N–H and O–H groups in total. The van der Waals surface area contributed by atoms with Crippen LogP contribution in [0.4, 0.5) is 5.13 Å². The van der Waals surface area contributed by atoms with Gasteiger partial charge >= 0.3 is 0 Å². The molecule has 2 heterocycles. The average molecular weight is 457 g/mol. The largest absolute Gasteiger partial charge is 0.473 e. The maximum atomic E-state index is 13.3. The Morgan fingerprint density at radius 1 is 1.03 bits per heavy atom. The van der Waals surface area contributed by atoms with E-state index in [1.807, 2.05) is 55.5 Å². The van der Waals surface area contributed by atoms with E-state index in [1.54, 1.807) is 31.2 Å². The van der Waals surface area contributed by atoms with Crippen molar-refractivity contribution in [3.8, 4) is 17.1 Å². The van der Waals surface area contributed by atoms with E-state index in [0.717, 1.165) is 15.8 Å². The molecule has 1 atom stereocenters. The second-order valence-corrected chi connectivity index (χ2v) is 8.72. The molecule has 7 heteroatoms. The first-order chi connectivity index (χ1) is 16.0. The van der Waals surface area contributed by atoms with Gasteiger partial charge in [-0.3, -0.25) is 14.9 Å². The molecule has 5 rings (SSSR count). The number of carbonyl (C=O) groups is 1. The van der Waals surface area contributed by atoms with Gasteiger partial charge in [0.25, 0.3) is 5.91 Å². The van der Waals surface area contributed by atoms with Crippen LogP contribution in [0.5, 0.6) is 5.75 Å². The van der Waals surface area contributed by atoms with Gasteiger partial charge < -0.3 is 9.15 Å². The SMILES string of the molecule is Cc1ccc(-c2oc3ccccc3c(=O)c2OC(C)C(=O)Nc2nc3ccccc3s2)cc1. The van der Waals surface area contributed by atoms with Crippen LogP contribution in [0, 0.1) is 6.92 Å². The van der Waals surface area contributed by atoms with Gasteiger partial charge in [-0.25, -0.2) is 4.98 Å². The first-order valence-electron chi connectivity index (χ1n) is 10.5. The first kappa shape index (κ1) is 20.9. The number of aryl methyl sites for hydroxylation is 1.